The van der Waals surface area contributed by atoms with Crippen LogP contribution in [-0.4, -0.2) is 15.0 Å². The molecule has 0 atom stereocenters. The quantitative estimate of drug-likeness (QED) is 0.177. The predicted octanol–water partition coefficient (Wildman–Crippen LogP) is 16.9. The second-order valence-electron chi connectivity index (χ2n) is 27.0. The summed E-state index contributed by atoms with van der Waals surface area (Å²) in [5, 5.41) is 0. The van der Waals surface area contributed by atoms with E-state index < -0.39 is 0 Å². The van der Waals surface area contributed by atoms with Crippen LogP contribution in [-0.2, 0) is 27.1 Å². The average molecular weight is 933 g/mol. The molecule has 360 valence electrons. The third-order valence-electron chi connectivity index (χ3n) is 18.5. The molecule has 0 N–H and O–H groups in total. The molecule has 0 saturated heterocycles. The van der Waals surface area contributed by atoms with Crippen molar-refractivity contribution in [2.24, 2.45) is 23.7 Å². The molecule has 1 aromatic heterocycles. The standard InChI is InChI=1S/C67H72N4/c1-63(2,3)40-21-25-46-50(34-40)51-35-41(64(4,5)6)22-26-47(51)58(46)60-68-61(59-48-27-23-42(65(7,8)9)36-52(48)53-37-43(66(10,11)12)24-28-49(53)59)70-62(69-60)71-56-19-15-13-17-54(56)67(55-18-14-16-20-57(55)71)44-30-38-29-39(32-44)33-45(67)31-38/h13-28,34-39,44-45,58-59H,29-33H2,1-12H3. The molecule has 71 heavy (non-hydrogen) atoms. The zero-order valence-corrected chi connectivity index (χ0v) is 44.3. The number of para-hydroxylation sites is 2. The lowest BCUT2D eigenvalue weighted by atomic mass is 9.41. The van der Waals surface area contributed by atoms with E-state index in [4.69, 9.17) is 15.0 Å². The first kappa shape index (κ1) is 45.0. The molecule has 7 aliphatic rings. The van der Waals surface area contributed by atoms with Crippen LogP contribution >= 0.6 is 0 Å². The molecular weight excluding hydrogens is 861 g/mol. The highest BCUT2D eigenvalue weighted by Crippen LogP contribution is 2.69. The van der Waals surface area contributed by atoms with Gasteiger partial charge in [0.2, 0.25) is 5.95 Å². The molecule has 0 unspecified atom stereocenters. The monoisotopic (exact) mass is 933 g/mol. The van der Waals surface area contributed by atoms with Crippen molar-refractivity contribution in [2.45, 2.75) is 154 Å². The normalized spacial score (nSPS) is 21.8. The van der Waals surface area contributed by atoms with Crippen molar-refractivity contribution in [3.63, 3.8) is 0 Å². The molecule has 6 aliphatic carbocycles. The van der Waals surface area contributed by atoms with Crippen LogP contribution in [0.15, 0.2) is 121 Å². The van der Waals surface area contributed by atoms with Crippen molar-refractivity contribution in [1.29, 1.82) is 0 Å². The largest absolute Gasteiger partial charge is 0.278 e. The van der Waals surface area contributed by atoms with Crippen LogP contribution in [0.1, 0.15) is 194 Å². The van der Waals surface area contributed by atoms with Gasteiger partial charge < -0.3 is 0 Å². The van der Waals surface area contributed by atoms with Crippen LogP contribution in [0.2, 0.25) is 0 Å². The Hall–Kier alpha value is -5.87. The van der Waals surface area contributed by atoms with Crippen molar-refractivity contribution in [3.8, 4) is 22.3 Å². The summed E-state index contributed by atoms with van der Waals surface area (Å²) in [6, 6.07) is 47.7. The van der Waals surface area contributed by atoms with Gasteiger partial charge in [-0.05, 0) is 167 Å². The van der Waals surface area contributed by atoms with Gasteiger partial charge in [0.05, 0.1) is 23.2 Å². The van der Waals surface area contributed by atoms with E-state index in [9.17, 15) is 0 Å². The molecule has 4 fully saturated rings. The van der Waals surface area contributed by atoms with Gasteiger partial charge in [0.25, 0.3) is 0 Å². The van der Waals surface area contributed by atoms with Crippen LogP contribution < -0.4 is 4.90 Å². The Labute approximate surface area is 423 Å². The molecule has 1 aliphatic heterocycles. The predicted molar refractivity (Wildman–Crippen MR) is 293 cm³/mol. The molecule has 0 radical (unpaired) electrons. The minimum atomic E-state index is -0.179. The molecular formula is C67H72N4. The number of hydrogen-bond acceptors (Lipinski definition) is 4. The second-order valence-corrected chi connectivity index (χ2v) is 27.0. The third kappa shape index (κ3) is 6.71. The molecule has 4 bridgehead atoms. The maximum Gasteiger partial charge on any atom is 0.238 e. The summed E-state index contributed by atoms with van der Waals surface area (Å²) in [6.45, 7) is 27.9. The Bertz CT molecular complexity index is 2990. The van der Waals surface area contributed by atoms with E-state index in [1.807, 2.05) is 0 Å². The van der Waals surface area contributed by atoms with Gasteiger partial charge in [-0.3, -0.25) is 4.90 Å². The van der Waals surface area contributed by atoms with E-state index >= 15 is 0 Å². The van der Waals surface area contributed by atoms with E-state index in [-0.39, 0.29) is 38.9 Å². The Kier molecular flexibility index (Phi) is 9.57. The van der Waals surface area contributed by atoms with E-state index in [1.54, 1.807) is 0 Å². The fourth-order valence-corrected chi connectivity index (χ4v) is 15.0. The van der Waals surface area contributed by atoms with Gasteiger partial charge in [0, 0.05) is 5.41 Å². The highest BCUT2D eigenvalue weighted by molar-refractivity contribution is 5.86. The molecule has 1 spiro atoms. The van der Waals surface area contributed by atoms with Gasteiger partial charge in [-0.25, -0.2) is 4.98 Å². The minimum absolute atomic E-state index is 0.00490. The van der Waals surface area contributed by atoms with Crippen LogP contribution in [0.3, 0.4) is 0 Å². The van der Waals surface area contributed by atoms with Crippen LogP contribution in [0, 0.1) is 23.7 Å². The van der Waals surface area contributed by atoms with Gasteiger partial charge in [0.1, 0.15) is 11.6 Å². The number of hydrogen-bond donors (Lipinski definition) is 0. The molecule has 6 aromatic carbocycles. The summed E-state index contributed by atoms with van der Waals surface area (Å²) < 4.78 is 0. The van der Waals surface area contributed by atoms with Crippen molar-refractivity contribution >= 4 is 17.3 Å². The highest BCUT2D eigenvalue weighted by atomic mass is 15.3. The Morgan fingerprint density at radius 2 is 0.718 bits per heavy atom. The molecule has 14 rings (SSSR count). The SMILES string of the molecule is CC(C)(C)c1ccc2c(c1)-c1cc(C(C)(C)C)ccc1C2c1nc(C2c3ccc(C(C)(C)C)cc3-c3cc(C(C)(C)C)ccc32)nc(N2c3ccccc3C3(c4ccccc42)C2CC4CC(C2)CC3C4)n1. The Morgan fingerprint density at radius 3 is 1.04 bits per heavy atom. The molecule has 0 amide bonds. The molecule has 2 heterocycles. The number of fused-ring (bicyclic) bond motifs is 8. The molecule has 4 saturated carbocycles. The van der Waals surface area contributed by atoms with Crippen molar-refractivity contribution in [3.05, 3.63) is 189 Å². The zero-order chi connectivity index (χ0) is 49.3. The van der Waals surface area contributed by atoms with E-state index in [2.05, 4.69) is 209 Å². The highest BCUT2D eigenvalue weighted by Gasteiger charge is 2.61. The van der Waals surface area contributed by atoms with E-state index in [0.717, 1.165) is 23.5 Å². The summed E-state index contributed by atoms with van der Waals surface area (Å²) in [7, 11) is 0. The topological polar surface area (TPSA) is 41.9 Å². The summed E-state index contributed by atoms with van der Waals surface area (Å²) in [5.74, 6) is 4.98. The van der Waals surface area contributed by atoms with Crippen molar-refractivity contribution in [2.75, 3.05) is 4.90 Å². The number of anilines is 3. The lowest BCUT2D eigenvalue weighted by molar-refractivity contribution is -0.0419. The molecule has 4 heteroatoms. The van der Waals surface area contributed by atoms with Gasteiger partial charge in [-0.15, -0.1) is 0 Å². The Morgan fingerprint density at radius 1 is 0.394 bits per heavy atom. The minimum Gasteiger partial charge on any atom is -0.278 e. The summed E-state index contributed by atoms with van der Waals surface area (Å²) in [5.41, 5.74) is 21.0. The van der Waals surface area contributed by atoms with Crippen LogP contribution in [0.25, 0.3) is 22.3 Å². The summed E-state index contributed by atoms with van der Waals surface area (Å²) in [6.07, 6.45) is 6.76. The summed E-state index contributed by atoms with van der Waals surface area (Å²) in [4.78, 5) is 20.1. The fourth-order valence-electron chi connectivity index (χ4n) is 15.0. The van der Waals surface area contributed by atoms with Crippen LogP contribution in [0.5, 0.6) is 0 Å². The second kappa shape index (κ2) is 15.1. The summed E-state index contributed by atoms with van der Waals surface area (Å²) >= 11 is 0. The van der Waals surface area contributed by atoms with Crippen molar-refractivity contribution < 1.29 is 0 Å². The van der Waals surface area contributed by atoms with E-state index in [0.29, 0.717) is 17.8 Å². The fraction of sp³-hybridized carbons (Fsp3) is 0.418. The maximum atomic E-state index is 5.88. The average Bonchev–Trinajstić information content (AvgIpc) is 3.83. The molecule has 4 nitrogen and oxygen atoms in total. The van der Waals surface area contributed by atoms with Crippen molar-refractivity contribution in [1.82, 2.24) is 15.0 Å². The van der Waals surface area contributed by atoms with Gasteiger partial charge in [0.15, 0.2) is 0 Å². The number of benzene rings is 6. The number of aromatic nitrogens is 3. The van der Waals surface area contributed by atoms with E-state index in [1.165, 1.54) is 121 Å². The maximum absolute atomic E-state index is 5.88. The lowest BCUT2D eigenvalue weighted by Gasteiger charge is -2.64. The first-order chi connectivity index (χ1) is 33.7. The third-order valence-corrected chi connectivity index (χ3v) is 18.5. The first-order valence-corrected chi connectivity index (χ1v) is 27.0. The number of nitrogens with zero attached hydrogens (tertiary/aromatic N) is 4. The number of rotatable bonds is 3. The molecule has 7 aromatic rings. The Balaban J connectivity index is 1.08. The van der Waals surface area contributed by atoms with Gasteiger partial charge in [-0.2, -0.15) is 9.97 Å². The lowest BCUT2D eigenvalue weighted by Crippen LogP contribution is -2.57. The van der Waals surface area contributed by atoms with Gasteiger partial charge >= 0.3 is 0 Å². The smallest absolute Gasteiger partial charge is 0.238 e. The zero-order valence-electron chi connectivity index (χ0n) is 44.3. The first-order valence-electron chi connectivity index (χ1n) is 27.0. The van der Waals surface area contributed by atoms with Crippen LogP contribution in [0.4, 0.5) is 17.3 Å². The van der Waals surface area contributed by atoms with Gasteiger partial charge in [-0.1, -0.05) is 192 Å².